The molecule has 0 fully saturated rings. The van der Waals surface area contributed by atoms with Crippen LogP contribution in [0.15, 0.2) is 28.8 Å². The first-order chi connectivity index (χ1) is 10.2. The van der Waals surface area contributed by atoms with Gasteiger partial charge in [-0.15, -0.1) is 0 Å². The van der Waals surface area contributed by atoms with Gasteiger partial charge in [-0.25, -0.2) is 0 Å². The van der Waals surface area contributed by atoms with Gasteiger partial charge in [0.2, 0.25) is 5.89 Å². The van der Waals surface area contributed by atoms with Crippen LogP contribution in [0, 0.1) is 0 Å². The van der Waals surface area contributed by atoms with Gasteiger partial charge in [-0.05, 0) is 43.7 Å². The van der Waals surface area contributed by atoms with Crippen LogP contribution in [0.25, 0.3) is 0 Å². The number of benzene rings is 1. The summed E-state index contributed by atoms with van der Waals surface area (Å²) in [7, 11) is 0. The Morgan fingerprint density at radius 2 is 2.10 bits per heavy atom. The van der Waals surface area contributed by atoms with Gasteiger partial charge in [0.15, 0.2) is 5.82 Å². The van der Waals surface area contributed by atoms with Gasteiger partial charge >= 0.3 is 0 Å². The van der Waals surface area contributed by atoms with E-state index in [2.05, 4.69) is 48.3 Å². The van der Waals surface area contributed by atoms with Crippen molar-refractivity contribution in [2.24, 2.45) is 5.73 Å². The maximum Gasteiger partial charge on any atom is 0.233 e. The summed E-state index contributed by atoms with van der Waals surface area (Å²) < 4.78 is 5.51. The number of nitrogens with zero attached hydrogens (tertiary/aromatic N) is 2. The molecule has 4 nitrogen and oxygen atoms in total. The van der Waals surface area contributed by atoms with E-state index in [1.807, 2.05) is 0 Å². The maximum atomic E-state index is 5.87. The van der Waals surface area contributed by atoms with E-state index in [0.717, 1.165) is 31.5 Å². The first-order valence-electron chi connectivity index (χ1n) is 7.77. The zero-order chi connectivity index (χ0) is 14.9. The van der Waals surface area contributed by atoms with E-state index in [-0.39, 0.29) is 5.41 Å². The van der Waals surface area contributed by atoms with E-state index in [1.54, 1.807) is 0 Å². The van der Waals surface area contributed by atoms with E-state index >= 15 is 0 Å². The number of hydrogen-bond donors (Lipinski definition) is 1. The van der Waals surface area contributed by atoms with Crippen LogP contribution < -0.4 is 5.73 Å². The molecule has 0 saturated heterocycles. The third-order valence-corrected chi connectivity index (χ3v) is 4.90. The molecular formula is C17H23N3O. The van der Waals surface area contributed by atoms with Crippen LogP contribution in [-0.4, -0.2) is 16.7 Å². The summed E-state index contributed by atoms with van der Waals surface area (Å²) >= 11 is 0. The van der Waals surface area contributed by atoms with Crippen molar-refractivity contribution in [1.29, 1.82) is 0 Å². The number of aromatic nitrogens is 2. The Morgan fingerprint density at radius 3 is 2.81 bits per heavy atom. The Labute approximate surface area is 125 Å². The lowest BCUT2D eigenvalue weighted by molar-refractivity contribution is 0.288. The predicted molar refractivity (Wildman–Crippen MR) is 82.2 cm³/mol. The van der Waals surface area contributed by atoms with E-state index in [1.165, 1.54) is 11.1 Å². The van der Waals surface area contributed by atoms with Crippen LogP contribution in [0.4, 0.5) is 0 Å². The fourth-order valence-electron chi connectivity index (χ4n) is 2.95. The third-order valence-electron chi connectivity index (χ3n) is 4.90. The van der Waals surface area contributed by atoms with Gasteiger partial charge in [-0.1, -0.05) is 36.3 Å². The first kappa shape index (κ1) is 14.3. The Bertz CT molecular complexity index is 616. The molecule has 4 heteroatoms. The van der Waals surface area contributed by atoms with Crippen molar-refractivity contribution in [3.8, 4) is 0 Å². The van der Waals surface area contributed by atoms with Crippen molar-refractivity contribution in [2.45, 2.75) is 50.9 Å². The summed E-state index contributed by atoms with van der Waals surface area (Å²) in [5.74, 6) is 1.88. The van der Waals surface area contributed by atoms with E-state index in [4.69, 9.17) is 10.3 Å². The van der Waals surface area contributed by atoms with Gasteiger partial charge in [0.05, 0.1) is 5.41 Å². The van der Waals surface area contributed by atoms with Crippen LogP contribution in [0.2, 0.25) is 0 Å². The zero-order valence-electron chi connectivity index (χ0n) is 12.8. The van der Waals surface area contributed by atoms with Gasteiger partial charge in [0, 0.05) is 12.5 Å². The van der Waals surface area contributed by atoms with E-state index < -0.39 is 0 Å². The van der Waals surface area contributed by atoms with Crippen LogP contribution in [0.3, 0.4) is 0 Å². The minimum atomic E-state index is -0.210. The highest BCUT2D eigenvalue weighted by molar-refractivity contribution is 5.31. The van der Waals surface area contributed by atoms with Crippen LogP contribution >= 0.6 is 0 Å². The molecule has 1 heterocycles. The summed E-state index contributed by atoms with van der Waals surface area (Å²) in [5.41, 5.74) is 8.53. The molecule has 2 aromatic rings. The minimum absolute atomic E-state index is 0.210. The topological polar surface area (TPSA) is 64.9 Å². The maximum absolute atomic E-state index is 5.87. The molecule has 1 aromatic carbocycles. The molecule has 0 saturated carbocycles. The summed E-state index contributed by atoms with van der Waals surface area (Å²) in [5, 5.41) is 4.23. The molecule has 0 bridgehead atoms. The number of fused-ring (bicyclic) bond motifs is 1. The average molecular weight is 285 g/mol. The van der Waals surface area contributed by atoms with Crippen molar-refractivity contribution in [3.63, 3.8) is 0 Å². The molecule has 1 aliphatic carbocycles. The quantitative estimate of drug-likeness (QED) is 0.938. The molecule has 0 spiro atoms. The predicted octanol–water partition coefficient (Wildman–Crippen LogP) is 2.97. The highest BCUT2D eigenvalue weighted by Crippen LogP contribution is 2.33. The van der Waals surface area contributed by atoms with E-state index in [9.17, 15) is 0 Å². The highest BCUT2D eigenvalue weighted by atomic mass is 16.5. The van der Waals surface area contributed by atoms with Crippen LogP contribution in [0.5, 0.6) is 0 Å². The van der Waals surface area contributed by atoms with Crippen molar-refractivity contribution in [3.05, 3.63) is 47.1 Å². The molecule has 0 radical (unpaired) electrons. The second kappa shape index (κ2) is 5.60. The molecular weight excluding hydrogens is 262 g/mol. The Morgan fingerprint density at radius 1 is 1.33 bits per heavy atom. The number of hydrogen-bond acceptors (Lipinski definition) is 4. The fraction of sp³-hybridized carbons (Fsp3) is 0.529. The van der Waals surface area contributed by atoms with Crippen LogP contribution in [-0.2, 0) is 18.3 Å². The second-order valence-corrected chi connectivity index (χ2v) is 6.28. The fourth-order valence-corrected chi connectivity index (χ4v) is 2.95. The van der Waals surface area contributed by atoms with Crippen molar-refractivity contribution in [1.82, 2.24) is 10.1 Å². The van der Waals surface area contributed by atoms with Gasteiger partial charge in [-0.2, -0.15) is 4.98 Å². The van der Waals surface area contributed by atoms with Gasteiger partial charge < -0.3 is 10.3 Å². The van der Waals surface area contributed by atoms with Crippen molar-refractivity contribution >= 4 is 0 Å². The highest BCUT2D eigenvalue weighted by Gasteiger charge is 2.32. The summed E-state index contributed by atoms with van der Waals surface area (Å²) in [6.07, 6.45) is 4.08. The number of rotatable bonds is 4. The lowest BCUT2D eigenvalue weighted by Gasteiger charge is -2.22. The molecule has 1 aliphatic rings. The number of nitrogens with two attached hydrogens (primary N) is 1. The summed E-state index contributed by atoms with van der Waals surface area (Å²) in [6, 6.07) is 8.64. The first-order valence-corrected chi connectivity index (χ1v) is 7.77. The average Bonchev–Trinajstić information content (AvgIpc) is 3.04. The molecule has 3 rings (SSSR count). The third kappa shape index (κ3) is 2.60. The molecule has 2 atom stereocenters. The SMILES string of the molecule is CCC(C)(CN)c1nc(C2CCc3ccccc3C2)no1. The lowest BCUT2D eigenvalue weighted by atomic mass is 9.83. The van der Waals surface area contributed by atoms with Gasteiger partial charge in [-0.3, -0.25) is 0 Å². The Balaban J connectivity index is 1.82. The molecule has 1 aromatic heterocycles. The molecule has 0 amide bonds. The van der Waals surface area contributed by atoms with Crippen LogP contribution in [0.1, 0.15) is 55.4 Å². The summed E-state index contributed by atoms with van der Waals surface area (Å²) in [4.78, 5) is 4.66. The monoisotopic (exact) mass is 285 g/mol. The number of aryl methyl sites for hydroxylation is 1. The molecule has 0 aliphatic heterocycles. The second-order valence-electron chi connectivity index (χ2n) is 6.28. The van der Waals surface area contributed by atoms with Gasteiger partial charge in [0.25, 0.3) is 0 Å². The Hall–Kier alpha value is -1.68. The smallest absolute Gasteiger partial charge is 0.233 e. The van der Waals surface area contributed by atoms with Crippen molar-refractivity contribution in [2.75, 3.05) is 6.54 Å². The summed E-state index contributed by atoms with van der Waals surface area (Å²) in [6.45, 7) is 4.71. The molecule has 21 heavy (non-hydrogen) atoms. The van der Waals surface area contributed by atoms with Crippen molar-refractivity contribution < 1.29 is 4.52 Å². The van der Waals surface area contributed by atoms with E-state index in [0.29, 0.717) is 18.4 Å². The minimum Gasteiger partial charge on any atom is -0.339 e. The standard InChI is InChI=1S/C17H23N3O/c1-3-17(2,11-18)16-19-15(20-21-16)14-9-8-12-6-4-5-7-13(12)10-14/h4-7,14H,3,8-11,18H2,1-2H3. The lowest BCUT2D eigenvalue weighted by Crippen LogP contribution is -2.31. The normalized spacial score (nSPS) is 20.8. The molecule has 2 N–H and O–H groups in total. The zero-order valence-corrected chi connectivity index (χ0v) is 12.8. The molecule has 112 valence electrons. The molecule has 2 unspecified atom stereocenters. The van der Waals surface area contributed by atoms with Gasteiger partial charge in [0.1, 0.15) is 0 Å². The Kier molecular flexibility index (Phi) is 3.81. The largest absolute Gasteiger partial charge is 0.339 e.